The van der Waals surface area contributed by atoms with Crippen molar-refractivity contribution in [3.63, 3.8) is 0 Å². The molecular formula is C20H31N3O2. The van der Waals surface area contributed by atoms with Crippen LogP contribution < -0.4 is 10.2 Å². The number of nitrogens with zero attached hydrogens (tertiary/aromatic N) is 2. The van der Waals surface area contributed by atoms with Crippen molar-refractivity contribution in [2.45, 2.75) is 51.3 Å². The number of anilines is 1. The number of aliphatic hydroxyl groups is 1. The SMILES string of the molecule is CC(C)C(C(=O)N(c1ccccc1)C1CCNCC1)N1CCC(O)C1. The molecule has 0 spiro atoms. The van der Waals surface area contributed by atoms with E-state index in [2.05, 4.69) is 24.1 Å². The number of nitrogens with one attached hydrogen (secondary N) is 1. The van der Waals surface area contributed by atoms with Crippen LogP contribution in [0.1, 0.15) is 33.1 Å². The molecular weight excluding hydrogens is 314 g/mol. The number of para-hydroxylation sites is 1. The fraction of sp³-hybridized carbons (Fsp3) is 0.650. The quantitative estimate of drug-likeness (QED) is 0.855. The number of hydrogen-bond acceptors (Lipinski definition) is 4. The molecule has 0 bridgehead atoms. The van der Waals surface area contributed by atoms with E-state index in [4.69, 9.17) is 0 Å². The zero-order valence-corrected chi connectivity index (χ0v) is 15.4. The highest BCUT2D eigenvalue weighted by atomic mass is 16.3. The molecule has 2 unspecified atom stereocenters. The van der Waals surface area contributed by atoms with E-state index >= 15 is 0 Å². The molecule has 2 heterocycles. The molecule has 1 amide bonds. The first-order chi connectivity index (χ1) is 12.1. The number of carbonyl (C=O) groups excluding carboxylic acids is 1. The molecule has 5 heteroatoms. The zero-order chi connectivity index (χ0) is 17.8. The summed E-state index contributed by atoms with van der Waals surface area (Å²) in [6, 6.07) is 10.1. The normalized spacial score (nSPS) is 23.8. The van der Waals surface area contributed by atoms with Crippen molar-refractivity contribution in [2.75, 3.05) is 31.1 Å². The van der Waals surface area contributed by atoms with Crippen molar-refractivity contribution in [3.8, 4) is 0 Å². The minimum atomic E-state index is -0.307. The molecule has 5 nitrogen and oxygen atoms in total. The number of carbonyl (C=O) groups is 1. The largest absolute Gasteiger partial charge is 0.392 e. The summed E-state index contributed by atoms with van der Waals surface area (Å²) in [5.41, 5.74) is 0.991. The smallest absolute Gasteiger partial charge is 0.244 e. The van der Waals surface area contributed by atoms with E-state index in [1.165, 1.54) is 0 Å². The molecule has 2 atom stereocenters. The average Bonchev–Trinajstić information content (AvgIpc) is 3.03. The summed E-state index contributed by atoms with van der Waals surface area (Å²) in [5.74, 6) is 0.396. The van der Waals surface area contributed by atoms with Crippen LogP contribution in [0.2, 0.25) is 0 Å². The Morgan fingerprint density at radius 1 is 1.20 bits per heavy atom. The summed E-state index contributed by atoms with van der Waals surface area (Å²) < 4.78 is 0. The first kappa shape index (κ1) is 18.4. The topological polar surface area (TPSA) is 55.8 Å². The van der Waals surface area contributed by atoms with Gasteiger partial charge in [0.2, 0.25) is 5.91 Å². The molecule has 0 saturated carbocycles. The van der Waals surface area contributed by atoms with Crippen LogP contribution in [0.15, 0.2) is 30.3 Å². The highest BCUT2D eigenvalue weighted by Gasteiger charge is 2.38. The van der Waals surface area contributed by atoms with Crippen LogP contribution in [-0.4, -0.2) is 60.3 Å². The summed E-state index contributed by atoms with van der Waals surface area (Å²) in [6.45, 7) is 7.53. The summed E-state index contributed by atoms with van der Waals surface area (Å²) in [7, 11) is 0. The Kier molecular flexibility index (Phi) is 6.10. The third kappa shape index (κ3) is 4.22. The summed E-state index contributed by atoms with van der Waals surface area (Å²) in [4.78, 5) is 17.9. The predicted octanol–water partition coefficient (Wildman–Crippen LogP) is 1.86. The van der Waals surface area contributed by atoms with Gasteiger partial charge in [-0.15, -0.1) is 0 Å². The summed E-state index contributed by atoms with van der Waals surface area (Å²) in [6.07, 6.45) is 2.41. The highest BCUT2D eigenvalue weighted by molar-refractivity contribution is 5.98. The maximum atomic E-state index is 13.7. The maximum Gasteiger partial charge on any atom is 0.244 e. The molecule has 1 aromatic rings. The molecule has 0 radical (unpaired) electrons. The molecule has 0 aliphatic carbocycles. The van der Waals surface area contributed by atoms with Gasteiger partial charge >= 0.3 is 0 Å². The minimum Gasteiger partial charge on any atom is -0.392 e. The Morgan fingerprint density at radius 3 is 2.44 bits per heavy atom. The van der Waals surface area contributed by atoms with E-state index < -0.39 is 0 Å². The number of benzene rings is 1. The van der Waals surface area contributed by atoms with E-state index in [1.54, 1.807) is 0 Å². The van der Waals surface area contributed by atoms with Gasteiger partial charge in [-0.2, -0.15) is 0 Å². The molecule has 2 saturated heterocycles. The fourth-order valence-corrected chi connectivity index (χ4v) is 4.20. The third-order valence-electron chi connectivity index (χ3n) is 5.42. The zero-order valence-electron chi connectivity index (χ0n) is 15.4. The second-order valence-electron chi connectivity index (χ2n) is 7.65. The number of hydrogen-bond donors (Lipinski definition) is 2. The van der Waals surface area contributed by atoms with Crippen LogP contribution in [0.3, 0.4) is 0 Å². The lowest BCUT2D eigenvalue weighted by Gasteiger charge is -2.40. The predicted molar refractivity (Wildman–Crippen MR) is 101 cm³/mol. The number of β-amino-alcohol motifs (C(OH)–C–C–N with tert-alkyl or cyclic N) is 1. The van der Waals surface area contributed by atoms with Gasteiger partial charge in [0, 0.05) is 24.8 Å². The number of amides is 1. The van der Waals surface area contributed by atoms with Crippen LogP contribution in [0.5, 0.6) is 0 Å². The third-order valence-corrected chi connectivity index (χ3v) is 5.42. The van der Waals surface area contributed by atoms with Gasteiger partial charge in [0.15, 0.2) is 0 Å². The standard InChI is InChI=1S/C20H31N3O2/c1-15(2)19(22-13-10-18(24)14-22)20(25)23(16-6-4-3-5-7-16)17-8-11-21-12-9-17/h3-7,15,17-19,21,24H,8-14H2,1-2H3. The molecule has 2 fully saturated rings. The molecule has 0 aromatic heterocycles. The first-order valence-corrected chi connectivity index (χ1v) is 9.59. The van der Waals surface area contributed by atoms with Gasteiger partial charge in [0.1, 0.15) is 0 Å². The number of rotatable bonds is 5. The van der Waals surface area contributed by atoms with Crippen molar-refractivity contribution in [2.24, 2.45) is 5.92 Å². The van der Waals surface area contributed by atoms with Crippen LogP contribution in [0.25, 0.3) is 0 Å². The van der Waals surface area contributed by atoms with Crippen molar-refractivity contribution < 1.29 is 9.90 Å². The number of aliphatic hydroxyl groups excluding tert-OH is 1. The molecule has 2 aliphatic rings. The minimum absolute atomic E-state index is 0.174. The second-order valence-corrected chi connectivity index (χ2v) is 7.65. The van der Waals surface area contributed by atoms with Gasteiger partial charge in [0.05, 0.1) is 12.1 Å². The van der Waals surface area contributed by atoms with E-state index in [0.29, 0.717) is 6.54 Å². The molecule has 3 rings (SSSR count). The molecule has 25 heavy (non-hydrogen) atoms. The van der Waals surface area contributed by atoms with Gasteiger partial charge in [0.25, 0.3) is 0 Å². The van der Waals surface area contributed by atoms with E-state index in [-0.39, 0.29) is 30.0 Å². The van der Waals surface area contributed by atoms with Crippen LogP contribution >= 0.6 is 0 Å². The Hall–Kier alpha value is -1.43. The Labute approximate surface area is 151 Å². The van der Waals surface area contributed by atoms with Gasteiger partial charge in [-0.25, -0.2) is 0 Å². The van der Waals surface area contributed by atoms with E-state index in [0.717, 1.165) is 44.6 Å². The average molecular weight is 345 g/mol. The van der Waals surface area contributed by atoms with Crippen molar-refractivity contribution in [1.29, 1.82) is 0 Å². The Morgan fingerprint density at radius 2 is 1.88 bits per heavy atom. The van der Waals surface area contributed by atoms with Crippen molar-refractivity contribution in [1.82, 2.24) is 10.2 Å². The lowest BCUT2D eigenvalue weighted by molar-refractivity contribution is -0.125. The highest BCUT2D eigenvalue weighted by Crippen LogP contribution is 2.27. The van der Waals surface area contributed by atoms with Crippen LogP contribution in [-0.2, 0) is 4.79 Å². The van der Waals surface area contributed by atoms with E-state index in [9.17, 15) is 9.90 Å². The summed E-state index contributed by atoms with van der Waals surface area (Å²) >= 11 is 0. The van der Waals surface area contributed by atoms with Crippen LogP contribution in [0.4, 0.5) is 5.69 Å². The van der Waals surface area contributed by atoms with Gasteiger partial charge in [-0.05, 0) is 50.4 Å². The second kappa shape index (κ2) is 8.30. The number of piperidine rings is 1. The Balaban J connectivity index is 1.88. The molecule has 1 aromatic carbocycles. The van der Waals surface area contributed by atoms with Gasteiger partial charge in [-0.3, -0.25) is 9.69 Å². The van der Waals surface area contributed by atoms with Gasteiger partial charge in [-0.1, -0.05) is 32.0 Å². The summed E-state index contributed by atoms with van der Waals surface area (Å²) in [5, 5.41) is 13.3. The molecule has 138 valence electrons. The van der Waals surface area contributed by atoms with Crippen LogP contribution in [0, 0.1) is 5.92 Å². The maximum absolute atomic E-state index is 13.7. The number of likely N-dealkylation sites (tertiary alicyclic amines) is 1. The fourth-order valence-electron chi connectivity index (χ4n) is 4.20. The Bertz CT molecular complexity index is 557. The monoisotopic (exact) mass is 345 g/mol. The van der Waals surface area contributed by atoms with E-state index in [1.807, 2.05) is 35.2 Å². The van der Waals surface area contributed by atoms with Crippen molar-refractivity contribution in [3.05, 3.63) is 30.3 Å². The molecule has 2 aliphatic heterocycles. The lowest BCUT2D eigenvalue weighted by atomic mass is 9.97. The first-order valence-electron chi connectivity index (χ1n) is 9.59. The van der Waals surface area contributed by atoms with Crippen molar-refractivity contribution >= 4 is 11.6 Å². The van der Waals surface area contributed by atoms with Gasteiger partial charge < -0.3 is 15.3 Å². The molecule has 2 N–H and O–H groups in total. The lowest BCUT2D eigenvalue weighted by Crippen LogP contribution is -2.55.